The van der Waals surface area contributed by atoms with Gasteiger partial charge in [0.2, 0.25) is 5.95 Å². The van der Waals surface area contributed by atoms with E-state index in [0.29, 0.717) is 29.7 Å². The molecule has 0 N–H and O–H groups in total. The van der Waals surface area contributed by atoms with Gasteiger partial charge < -0.3 is 9.80 Å². The Bertz CT molecular complexity index is 797. The molecule has 6 heteroatoms. The van der Waals surface area contributed by atoms with E-state index in [2.05, 4.69) is 34.0 Å². The smallest absolute Gasteiger partial charge is 0.225 e. The number of Topliss-reactive ketones (excluding diaryl/α,β-unsaturated/α-hetero) is 1. The molecule has 5 rings (SSSR count). The molecule has 1 aliphatic carbocycles. The summed E-state index contributed by atoms with van der Waals surface area (Å²) in [5.41, 5.74) is 1.33. The van der Waals surface area contributed by atoms with E-state index >= 15 is 0 Å². The minimum atomic E-state index is 0.191. The Morgan fingerprint density at radius 2 is 1.50 bits per heavy atom. The van der Waals surface area contributed by atoms with Crippen molar-refractivity contribution in [2.75, 3.05) is 37.6 Å². The van der Waals surface area contributed by atoms with Crippen LogP contribution < -0.4 is 4.90 Å². The van der Waals surface area contributed by atoms with Crippen molar-refractivity contribution in [3.8, 4) is 0 Å². The summed E-state index contributed by atoms with van der Waals surface area (Å²) < 4.78 is 0. The number of fused-ring (bicyclic) bond motifs is 2. The number of aromatic nitrogens is 2. The lowest BCUT2D eigenvalue weighted by Crippen LogP contribution is -2.54. The highest BCUT2D eigenvalue weighted by Crippen LogP contribution is 2.36. The van der Waals surface area contributed by atoms with Crippen LogP contribution in [0.5, 0.6) is 0 Å². The predicted octanol–water partition coefficient (Wildman–Crippen LogP) is 4.50. The van der Waals surface area contributed by atoms with E-state index in [4.69, 9.17) is 9.97 Å². The number of likely N-dealkylation sites (N-methyl/N-ethyl adjacent to an activating group) is 1. The third-order valence-corrected chi connectivity index (χ3v) is 9.36. The lowest BCUT2D eigenvalue weighted by atomic mass is 9.80. The molecule has 2 unspecified atom stereocenters. The fourth-order valence-corrected chi connectivity index (χ4v) is 7.08. The second-order valence-corrected chi connectivity index (χ2v) is 11.8. The van der Waals surface area contributed by atoms with Crippen LogP contribution in [0, 0.1) is 11.8 Å². The van der Waals surface area contributed by atoms with Gasteiger partial charge in [0.05, 0.1) is 0 Å². The molecule has 1 aromatic heterocycles. The summed E-state index contributed by atoms with van der Waals surface area (Å²) in [7, 11) is 0. The van der Waals surface area contributed by atoms with Crippen LogP contribution >= 0.6 is 0 Å². The van der Waals surface area contributed by atoms with E-state index in [1.807, 2.05) is 13.8 Å². The van der Waals surface area contributed by atoms with Gasteiger partial charge in [0.1, 0.15) is 5.78 Å². The SMILES string of the molecule is CCN1CC2CCC(C1)N2c1ncc(C2CCN(C3CCC(CC(=O)C(C)C)CC3)CC2)cn1. The number of nitrogens with zero attached hydrogens (tertiary/aromatic N) is 5. The third kappa shape index (κ3) is 5.18. The van der Waals surface area contributed by atoms with Gasteiger partial charge in [-0.05, 0) is 88.4 Å². The quantitative estimate of drug-likeness (QED) is 0.588. The molecule has 4 aliphatic rings. The molecule has 0 aromatic carbocycles. The summed E-state index contributed by atoms with van der Waals surface area (Å²) in [6.45, 7) is 12.2. The minimum Gasteiger partial charge on any atom is -0.332 e. The highest BCUT2D eigenvalue weighted by atomic mass is 16.1. The molecule has 0 radical (unpaired) electrons. The first-order valence-corrected chi connectivity index (χ1v) is 14.1. The predicted molar refractivity (Wildman–Crippen MR) is 137 cm³/mol. The Kier molecular flexibility index (Phi) is 7.55. The summed E-state index contributed by atoms with van der Waals surface area (Å²) in [5.74, 6) is 2.82. The van der Waals surface area contributed by atoms with Crippen molar-refractivity contribution in [3.05, 3.63) is 18.0 Å². The molecule has 34 heavy (non-hydrogen) atoms. The molecule has 3 saturated heterocycles. The molecule has 4 heterocycles. The van der Waals surface area contributed by atoms with Gasteiger partial charge in [0.15, 0.2) is 0 Å². The monoisotopic (exact) mass is 467 g/mol. The van der Waals surface area contributed by atoms with E-state index in [-0.39, 0.29) is 5.92 Å². The van der Waals surface area contributed by atoms with Gasteiger partial charge in [-0.2, -0.15) is 0 Å². The average molecular weight is 468 g/mol. The Morgan fingerprint density at radius 1 is 0.912 bits per heavy atom. The van der Waals surface area contributed by atoms with Crippen molar-refractivity contribution in [1.29, 1.82) is 0 Å². The van der Waals surface area contributed by atoms with Crippen molar-refractivity contribution >= 4 is 11.7 Å². The summed E-state index contributed by atoms with van der Waals surface area (Å²) in [4.78, 5) is 29.7. The fraction of sp³-hybridized carbons (Fsp3) is 0.821. The van der Waals surface area contributed by atoms with Crippen LogP contribution in [0.2, 0.25) is 0 Å². The van der Waals surface area contributed by atoms with Gasteiger partial charge in [-0.3, -0.25) is 9.69 Å². The molecule has 1 aromatic rings. The van der Waals surface area contributed by atoms with Gasteiger partial charge in [-0.1, -0.05) is 20.8 Å². The summed E-state index contributed by atoms with van der Waals surface area (Å²) in [6, 6.07) is 1.90. The number of hydrogen-bond donors (Lipinski definition) is 0. The topological polar surface area (TPSA) is 52.6 Å². The Balaban J connectivity index is 1.10. The molecule has 188 valence electrons. The lowest BCUT2D eigenvalue weighted by Gasteiger charge is -2.41. The zero-order valence-corrected chi connectivity index (χ0v) is 21.7. The number of carbonyl (C=O) groups is 1. The van der Waals surface area contributed by atoms with E-state index in [0.717, 1.165) is 38.0 Å². The number of hydrogen-bond acceptors (Lipinski definition) is 6. The number of piperazine rings is 1. The maximum atomic E-state index is 12.1. The average Bonchev–Trinajstić information content (AvgIpc) is 3.13. The molecule has 6 nitrogen and oxygen atoms in total. The summed E-state index contributed by atoms with van der Waals surface area (Å²) in [5, 5.41) is 0. The third-order valence-electron chi connectivity index (χ3n) is 9.36. The minimum absolute atomic E-state index is 0.191. The second-order valence-electron chi connectivity index (χ2n) is 11.8. The van der Waals surface area contributed by atoms with Crippen molar-refractivity contribution in [2.24, 2.45) is 11.8 Å². The molecule has 0 amide bonds. The molecule has 4 fully saturated rings. The largest absolute Gasteiger partial charge is 0.332 e. The maximum Gasteiger partial charge on any atom is 0.225 e. The van der Waals surface area contributed by atoms with Crippen LogP contribution in [0.4, 0.5) is 5.95 Å². The zero-order valence-electron chi connectivity index (χ0n) is 21.7. The van der Waals surface area contributed by atoms with Crippen LogP contribution in [-0.2, 0) is 4.79 Å². The summed E-state index contributed by atoms with van der Waals surface area (Å²) in [6.07, 6.45) is 15.1. The van der Waals surface area contributed by atoms with E-state index in [1.165, 1.54) is 70.0 Å². The number of piperidine rings is 1. The van der Waals surface area contributed by atoms with Crippen molar-refractivity contribution in [1.82, 2.24) is 19.8 Å². The first kappa shape index (κ1) is 24.2. The molecular weight excluding hydrogens is 422 g/mol. The molecule has 0 spiro atoms. The van der Waals surface area contributed by atoms with E-state index < -0.39 is 0 Å². The number of anilines is 1. The van der Waals surface area contributed by atoms with Gasteiger partial charge in [0, 0.05) is 55.9 Å². The Morgan fingerprint density at radius 3 is 2.06 bits per heavy atom. The number of carbonyl (C=O) groups excluding carboxylic acids is 1. The summed E-state index contributed by atoms with van der Waals surface area (Å²) >= 11 is 0. The van der Waals surface area contributed by atoms with Crippen molar-refractivity contribution in [3.63, 3.8) is 0 Å². The first-order chi connectivity index (χ1) is 16.5. The number of likely N-dealkylation sites (tertiary alicyclic amines) is 2. The molecule has 3 aliphatic heterocycles. The van der Waals surface area contributed by atoms with Gasteiger partial charge >= 0.3 is 0 Å². The van der Waals surface area contributed by atoms with Crippen LogP contribution in [-0.4, -0.2) is 76.4 Å². The van der Waals surface area contributed by atoms with Gasteiger partial charge in [-0.15, -0.1) is 0 Å². The molecule has 2 bridgehead atoms. The highest BCUT2D eigenvalue weighted by Gasteiger charge is 2.40. The van der Waals surface area contributed by atoms with Crippen molar-refractivity contribution in [2.45, 2.75) is 103 Å². The fourth-order valence-electron chi connectivity index (χ4n) is 7.08. The Labute approximate surface area is 206 Å². The molecular formula is C28H45N5O. The normalized spacial score (nSPS) is 31.4. The second kappa shape index (κ2) is 10.6. The maximum absolute atomic E-state index is 12.1. The Hall–Kier alpha value is -1.53. The van der Waals surface area contributed by atoms with E-state index in [1.54, 1.807) is 0 Å². The first-order valence-electron chi connectivity index (χ1n) is 14.1. The molecule has 1 saturated carbocycles. The number of ketones is 1. The lowest BCUT2D eigenvalue weighted by molar-refractivity contribution is -0.123. The standard InChI is InChI=1S/C28H45N5O/c1-4-31-18-25-9-10-26(19-31)33(25)28-29-16-23(17-30-28)22-11-13-32(14-12-22)24-7-5-21(6-8-24)15-27(34)20(2)3/h16-17,20-22,24-26H,4-15,18-19H2,1-3H3. The van der Waals surface area contributed by atoms with Crippen LogP contribution in [0.25, 0.3) is 0 Å². The van der Waals surface area contributed by atoms with E-state index in [9.17, 15) is 4.79 Å². The van der Waals surface area contributed by atoms with Crippen LogP contribution in [0.15, 0.2) is 12.4 Å². The molecule has 2 atom stereocenters. The number of rotatable bonds is 7. The van der Waals surface area contributed by atoms with Crippen molar-refractivity contribution < 1.29 is 4.79 Å². The zero-order chi connectivity index (χ0) is 23.7. The van der Waals surface area contributed by atoms with Crippen LogP contribution in [0.3, 0.4) is 0 Å². The highest BCUT2D eigenvalue weighted by molar-refractivity contribution is 5.80. The van der Waals surface area contributed by atoms with Crippen LogP contribution in [0.1, 0.15) is 90.0 Å². The van der Waals surface area contributed by atoms with Gasteiger partial charge in [-0.25, -0.2) is 9.97 Å². The van der Waals surface area contributed by atoms with Gasteiger partial charge in [0.25, 0.3) is 0 Å².